The zero-order valence-corrected chi connectivity index (χ0v) is 16.3. The highest BCUT2D eigenvalue weighted by Crippen LogP contribution is 2.28. The number of ether oxygens (including phenoxy) is 2. The van der Waals surface area contributed by atoms with Gasteiger partial charge in [0.2, 0.25) is 0 Å². The first kappa shape index (κ1) is 19.1. The molecule has 134 valence electrons. The van der Waals surface area contributed by atoms with Crippen LogP contribution in [0.5, 0.6) is 11.5 Å². The standard InChI is InChI=1S/C19H23BrN2O3/c1-4-25-17-8-5-14(12-18(17)24-3)9-10-21-19(23)22-15-6-7-16(20)13(2)11-15/h5-8,11-12H,4,9-10H2,1-3H3,(H2,21,22,23). The minimum Gasteiger partial charge on any atom is -0.493 e. The predicted molar refractivity (Wildman–Crippen MR) is 104 cm³/mol. The van der Waals surface area contributed by atoms with Gasteiger partial charge in [-0.3, -0.25) is 0 Å². The number of hydrogen-bond acceptors (Lipinski definition) is 3. The number of rotatable bonds is 7. The van der Waals surface area contributed by atoms with E-state index in [1.807, 2.05) is 50.2 Å². The molecule has 0 aliphatic heterocycles. The number of aryl methyl sites for hydroxylation is 1. The maximum Gasteiger partial charge on any atom is 0.319 e. The quantitative estimate of drug-likeness (QED) is 0.709. The van der Waals surface area contributed by atoms with Gasteiger partial charge in [-0.15, -0.1) is 0 Å². The zero-order valence-electron chi connectivity index (χ0n) is 14.7. The smallest absolute Gasteiger partial charge is 0.319 e. The second-order valence-electron chi connectivity index (χ2n) is 5.51. The van der Waals surface area contributed by atoms with Crippen LogP contribution < -0.4 is 20.1 Å². The summed E-state index contributed by atoms with van der Waals surface area (Å²) in [4.78, 5) is 12.0. The molecule has 2 aromatic rings. The first-order valence-corrected chi connectivity index (χ1v) is 8.93. The molecule has 6 heteroatoms. The number of hydrogen-bond donors (Lipinski definition) is 2. The number of carbonyl (C=O) groups excluding carboxylic acids is 1. The molecule has 0 atom stereocenters. The van der Waals surface area contributed by atoms with Gasteiger partial charge in [0.15, 0.2) is 11.5 Å². The topological polar surface area (TPSA) is 59.6 Å². The molecular weight excluding hydrogens is 384 g/mol. The number of methoxy groups -OCH3 is 1. The Kier molecular flexibility index (Phi) is 7.13. The summed E-state index contributed by atoms with van der Waals surface area (Å²) in [6.07, 6.45) is 0.704. The lowest BCUT2D eigenvalue weighted by Crippen LogP contribution is -2.30. The lowest BCUT2D eigenvalue weighted by atomic mass is 10.1. The second kappa shape index (κ2) is 9.32. The molecule has 0 unspecified atom stereocenters. The molecule has 0 aliphatic carbocycles. The highest BCUT2D eigenvalue weighted by Gasteiger charge is 2.06. The van der Waals surface area contributed by atoms with Crippen molar-refractivity contribution in [3.8, 4) is 11.5 Å². The van der Waals surface area contributed by atoms with Crippen LogP contribution in [0.25, 0.3) is 0 Å². The van der Waals surface area contributed by atoms with Crippen molar-refractivity contribution in [3.05, 3.63) is 52.0 Å². The summed E-state index contributed by atoms with van der Waals surface area (Å²) in [6, 6.07) is 11.3. The average molecular weight is 407 g/mol. The van der Waals surface area contributed by atoms with Crippen molar-refractivity contribution in [2.24, 2.45) is 0 Å². The summed E-state index contributed by atoms with van der Waals surface area (Å²) in [5, 5.41) is 5.69. The van der Waals surface area contributed by atoms with E-state index < -0.39 is 0 Å². The minimum absolute atomic E-state index is 0.223. The van der Waals surface area contributed by atoms with Crippen LogP contribution in [-0.4, -0.2) is 26.3 Å². The fourth-order valence-electron chi connectivity index (χ4n) is 2.36. The zero-order chi connectivity index (χ0) is 18.2. The second-order valence-corrected chi connectivity index (χ2v) is 6.37. The van der Waals surface area contributed by atoms with Crippen molar-refractivity contribution in [2.45, 2.75) is 20.3 Å². The normalized spacial score (nSPS) is 10.2. The minimum atomic E-state index is -0.223. The lowest BCUT2D eigenvalue weighted by molar-refractivity contribution is 0.252. The number of benzene rings is 2. The van der Waals surface area contributed by atoms with E-state index in [0.717, 1.165) is 27.0 Å². The number of nitrogens with one attached hydrogen (secondary N) is 2. The summed E-state index contributed by atoms with van der Waals surface area (Å²) in [5.74, 6) is 1.43. The monoisotopic (exact) mass is 406 g/mol. The van der Waals surface area contributed by atoms with Gasteiger partial charge in [0.25, 0.3) is 0 Å². The third-order valence-electron chi connectivity index (χ3n) is 3.64. The van der Waals surface area contributed by atoms with Crippen LogP contribution in [0.2, 0.25) is 0 Å². The molecular formula is C19H23BrN2O3. The van der Waals surface area contributed by atoms with Crippen molar-refractivity contribution in [1.29, 1.82) is 0 Å². The Morgan fingerprint density at radius 3 is 2.64 bits per heavy atom. The Labute approximate surface area is 156 Å². The Balaban J connectivity index is 1.85. The molecule has 5 nitrogen and oxygen atoms in total. The molecule has 2 rings (SSSR count). The van der Waals surface area contributed by atoms with Crippen LogP contribution in [0.3, 0.4) is 0 Å². The van der Waals surface area contributed by atoms with Crippen LogP contribution in [0.1, 0.15) is 18.1 Å². The van der Waals surface area contributed by atoms with Crippen molar-refractivity contribution >= 4 is 27.6 Å². The van der Waals surface area contributed by atoms with Crippen LogP contribution in [0.15, 0.2) is 40.9 Å². The molecule has 0 spiro atoms. The maximum absolute atomic E-state index is 12.0. The Morgan fingerprint density at radius 1 is 1.16 bits per heavy atom. The number of anilines is 1. The van der Waals surface area contributed by atoms with E-state index in [-0.39, 0.29) is 6.03 Å². The maximum atomic E-state index is 12.0. The third-order valence-corrected chi connectivity index (χ3v) is 4.53. The van der Waals surface area contributed by atoms with Gasteiger partial charge >= 0.3 is 6.03 Å². The van der Waals surface area contributed by atoms with Crippen LogP contribution in [0.4, 0.5) is 10.5 Å². The molecule has 2 N–H and O–H groups in total. The highest BCUT2D eigenvalue weighted by molar-refractivity contribution is 9.10. The van der Waals surface area contributed by atoms with Crippen molar-refractivity contribution < 1.29 is 14.3 Å². The van der Waals surface area contributed by atoms with E-state index in [1.165, 1.54) is 0 Å². The third kappa shape index (κ3) is 5.67. The summed E-state index contributed by atoms with van der Waals surface area (Å²) in [6.45, 7) is 5.03. The Morgan fingerprint density at radius 2 is 1.96 bits per heavy atom. The molecule has 0 saturated heterocycles. The molecule has 0 fully saturated rings. The van der Waals surface area contributed by atoms with Gasteiger partial charge in [-0.05, 0) is 61.7 Å². The van der Waals surface area contributed by atoms with Gasteiger partial charge in [0.05, 0.1) is 13.7 Å². The summed E-state index contributed by atoms with van der Waals surface area (Å²) in [7, 11) is 1.62. The van der Waals surface area contributed by atoms with Gasteiger partial charge < -0.3 is 20.1 Å². The van der Waals surface area contributed by atoms with Gasteiger partial charge in [-0.25, -0.2) is 4.79 Å². The predicted octanol–water partition coefficient (Wildman–Crippen LogP) is 4.53. The van der Waals surface area contributed by atoms with E-state index in [1.54, 1.807) is 7.11 Å². The van der Waals surface area contributed by atoms with Crippen LogP contribution in [0, 0.1) is 6.92 Å². The number of urea groups is 1. The van der Waals surface area contributed by atoms with E-state index in [2.05, 4.69) is 26.6 Å². The van der Waals surface area contributed by atoms with E-state index >= 15 is 0 Å². The number of halogens is 1. The molecule has 25 heavy (non-hydrogen) atoms. The largest absolute Gasteiger partial charge is 0.493 e. The molecule has 2 aromatic carbocycles. The molecule has 0 bridgehead atoms. The number of amides is 2. The van der Waals surface area contributed by atoms with Crippen LogP contribution >= 0.6 is 15.9 Å². The summed E-state index contributed by atoms with van der Waals surface area (Å²) < 4.78 is 11.9. The first-order valence-electron chi connectivity index (χ1n) is 8.14. The fraction of sp³-hybridized carbons (Fsp3) is 0.316. The summed E-state index contributed by atoms with van der Waals surface area (Å²) in [5.41, 5.74) is 2.90. The van der Waals surface area contributed by atoms with Crippen molar-refractivity contribution in [3.63, 3.8) is 0 Å². The van der Waals surface area contributed by atoms with Gasteiger partial charge in [-0.1, -0.05) is 22.0 Å². The fourth-order valence-corrected chi connectivity index (χ4v) is 2.61. The molecule has 2 amide bonds. The lowest BCUT2D eigenvalue weighted by Gasteiger charge is -2.12. The molecule has 0 aliphatic rings. The van der Waals surface area contributed by atoms with E-state index in [0.29, 0.717) is 25.3 Å². The summed E-state index contributed by atoms with van der Waals surface area (Å²) >= 11 is 3.44. The van der Waals surface area contributed by atoms with Gasteiger partial charge in [0.1, 0.15) is 0 Å². The van der Waals surface area contributed by atoms with Gasteiger partial charge in [0, 0.05) is 16.7 Å². The molecule has 0 aromatic heterocycles. The first-order chi connectivity index (χ1) is 12.0. The SMILES string of the molecule is CCOc1ccc(CCNC(=O)Nc2ccc(Br)c(C)c2)cc1OC. The Bertz CT molecular complexity index is 735. The molecule has 0 saturated carbocycles. The van der Waals surface area contributed by atoms with E-state index in [9.17, 15) is 4.79 Å². The van der Waals surface area contributed by atoms with Gasteiger partial charge in [-0.2, -0.15) is 0 Å². The van der Waals surface area contributed by atoms with E-state index in [4.69, 9.17) is 9.47 Å². The van der Waals surface area contributed by atoms with Crippen LogP contribution in [-0.2, 0) is 6.42 Å². The Hall–Kier alpha value is -2.21. The highest BCUT2D eigenvalue weighted by atomic mass is 79.9. The molecule has 0 heterocycles. The average Bonchev–Trinajstić information content (AvgIpc) is 2.59. The number of carbonyl (C=O) groups is 1. The van der Waals surface area contributed by atoms with Crippen molar-refractivity contribution in [1.82, 2.24) is 5.32 Å². The molecule has 0 radical (unpaired) electrons. The van der Waals surface area contributed by atoms with Crippen molar-refractivity contribution in [2.75, 3.05) is 25.6 Å².